The molecule has 0 aromatic heterocycles. The van der Waals surface area contributed by atoms with E-state index < -0.39 is 0 Å². The van der Waals surface area contributed by atoms with Crippen molar-refractivity contribution in [3.8, 4) is 0 Å². The van der Waals surface area contributed by atoms with Crippen molar-refractivity contribution in [2.24, 2.45) is 0 Å². The highest BCUT2D eigenvalue weighted by molar-refractivity contribution is 7.98. The lowest BCUT2D eigenvalue weighted by molar-refractivity contribution is 0.866. The third kappa shape index (κ3) is 4.56. The number of thioether (sulfide) groups is 1. The van der Waals surface area contributed by atoms with E-state index in [1.807, 2.05) is 0 Å². The largest absolute Gasteiger partial charge is 0.311 e. The van der Waals surface area contributed by atoms with E-state index in [-0.39, 0.29) is 0 Å². The molecule has 3 rings (SSSR count). The molecule has 0 saturated carbocycles. The predicted molar refractivity (Wildman–Crippen MR) is 121 cm³/mol. The van der Waals surface area contributed by atoms with Crippen LogP contribution in [0.4, 0.5) is 17.1 Å². The molecule has 0 aliphatic heterocycles. The standard InChI is InChI=1S/C25H29NS/c1-18(2)20-6-10-22(11-7-20)26(24-14-16-25(27-5)17-15-24)23-12-8-21(9-13-23)19(3)4/h6-19H,1-5H3. The highest BCUT2D eigenvalue weighted by atomic mass is 32.2. The van der Waals surface area contributed by atoms with Crippen LogP contribution in [0.2, 0.25) is 0 Å². The summed E-state index contributed by atoms with van der Waals surface area (Å²) in [6.45, 7) is 8.94. The summed E-state index contributed by atoms with van der Waals surface area (Å²) >= 11 is 1.77. The van der Waals surface area contributed by atoms with Crippen molar-refractivity contribution in [1.29, 1.82) is 0 Å². The van der Waals surface area contributed by atoms with Crippen LogP contribution in [-0.4, -0.2) is 6.26 Å². The lowest BCUT2D eigenvalue weighted by Gasteiger charge is -2.26. The van der Waals surface area contributed by atoms with E-state index in [1.165, 1.54) is 33.1 Å². The number of rotatable bonds is 6. The Morgan fingerprint density at radius 2 is 0.889 bits per heavy atom. The maximum atomic E-state index is 2.33. The molecule has 0 aliphatic rings. The fourth-order valence-corrected chi connectivity index (χ4v) is 3.60. The fraction of sp³-hybridized carbons (Fsp3) is 0.280. The van der Waals surface area contributed by atoms with Gasteiger partial charge in [-0.1, -0.05) is 52.0 Å². The molecule has 0 aliphatic carbocycles. The second-order valence-electron chi connectivity index (χ2n) is 7.53. The monoisotopic (exact) mass is 375 g/mol. The summed E-state index contributed by atoms with van der Waals surface area (Å²) in [7, 11) is 0. The minimum Gasteiger partial charge on any atom is -0.311 e. The van der Waals surface area contributed by atoms with Crippen molar-refractivity contribution >= 4 is 28.8 Å². The van der Waals surface area contributed by atoms with Crippen molar-refractivity contribution in [3.63, 3.8) is 0 Å². The van der Waals surface area contributed by atoms with Gasteiger partial charge >= 0.3 is 0 Å². The molecule has 1 nitrogen and oxygen atoms in total. The minimum atomic E-state index is 0.540. The topological polar surface area (TPSA) is 3.24 Å². The van der Waals surface area contributed by atoms with Crippen molar-refractivity contribution in [3.05, 3.63) is 83.9 Å². The Hall–Kier alpha value is -2.19. The molecular weight excluding hydrogens is 346 g/mol. The first-order valence-corrected chi connectivity index (χ1v) is 10.9. The van der Waals surface area contributed by atoms with Crippen LogP contribution in [-0.2, 0) is 0 Å². The molecule has 2 heteroatoms. The van der Waals surface area contributed by atoms with Gasteiger partial charge in [-0.25, -0.2) is 0 Å². The molecule has 0 heterocycles. The van der Waals surface area contributed by atoms with E-state index in [0.29, 0.717) is 11.8 Å². The Bertz CT molecular complexity index is 795. The van der Waals surface area contributed by atoms with E-state index in [0.717, 1.165) is 0 Å². The quantitative estimate of drug-likeness (QED) is 0.400. The molecule has 140 valence electrons. The van der Waals surface area contributed by atoms with Gasteiger partial charge in [0.05, 0.1) is 0 Å². The molecule has 0 spiro atoms. The second kappa shape index (κ2) is 8.67. The Kier molecular flexibility index (Phi) is 6.28. The number of hydrogen-bond donors (Lipinski definition) is 0. The van der Waals surface area contributed by atoms with E-state index >= 15 is 0 Å². The molecule has 0 N–H and O–H groups in total. The van der Waals surface area contributed by atoms with Crippen molar-refractivity contribution < 1.29 is 0 Å². The lowest BCUT2D eigenvalue weighted by atomic mass is 10.0. The van der Waals surface area contributed by atoms with Crippen molar-refractivity contribution in [2.45, 2.75) is 44.4 Å². The van der Waals surface area contributed by atoms with Crippen LogP contribution in [0.25, 0.3) is 0 Å². The van der Waals surface area contributed by atoms with E-state index in [4.69, 9.17) is 0 Å². The maximum Gasteiger partial charge on any atom is 0.0462 e. The molecule has 0 amide bonds. The van der Waals surface area contributed by atoms with Gasteiger partial charge in [-0.15, -0.1) is 11.8 Å². The summed E-state index contributed by atoms with van der Waals surface area (Å²) in [6, 6.07) is 26.7. The normalized spacial score (nSPS) is 11.2. The molecule has 0 unspecified atom stereocenters. The van der Waals surface area contributed by atoms with Crippen LogP contribution in [0.1, 0.15) is 50.7 Å². The number of hydrogen-bond acceptors (Lipinski definition) is 2. The highest BCUT2D eigenvalue weighted by Gasteiger charge is 2.13. The second-order valence-corrected chi connectivity index (χ2v) is 8.41. The predicted octanol–water partition coefficient (Wildman–Crippen LogP) is 8.13. The molecule has 27 heavy (non-hydrogen) atoms. The van der Waals surface area contributed by atoms with Crippen LogP contribution >= 0.6 is 11.8 Å². The highest BCUT2D eigenvalue weighted by Crippen LogP contribution is 2.36. The first kappa shape index (κ1) is 19.6. The first-order valence-electron chi connectivity index (χ1n) is 9.63. The van der Waals surface area contributed by atoms with Gasteiger partial charge in [0, 0.05) is 22.0 Å². The average molecular weight is 376 g/mol. The number of anilines is 3. The average Bonchev–Trinajstić information content (AvgIpc) is 2.69. The summed E-state index contributed by atoms with van der Waals surface area (Å²) < 4.78 is 0. The Morgan fingerprint density at radius 1 is 0.556 bits per heavy atom. The SMILES string of the molecule is CSc1ccc(N(c2ccc(C(C)C)cc2)c2ccc(C(C)C)cc2)cc1. The van der Waals surface area contributed by atoms with Gasteiger partial charge in [-0.3, -0.25) is 0 Å². The summed E-state index contributed by atoms with van der Waals surface area (Å²) in [6.07, 6.45) is 2.11. The molecule has 0 radical (unpaired) electrons. The first-order chi connectivity index (χ1) is 13.0. The minimum absolute atomic E-state index is 0.540. The molecular formula is C25H29NS. The van der Waals surface area contributed by atoms with Crippen LogP contribution in [0.3, 0.4) is 0 Å². The molecule has 3 aromatic carbocycles. The lowest BCUT2D eigenvalue weighted by Crippen LogP contribution is -2.10. The van der Waals surface area contributed by atoms with Crippen molar-refractivity contribution in [1.82, 2.24) is 0 Å². The number of nitrogens with zero attached hydrogens (tertiary/aromatic N) is 1. The van der Waals surface area contributed by atoms with E-state index in [9.17, 15) is 0 Å². The molecule has 3 aromatic rings. The Labute approximate surface area is 168 Å². The molecule has 0 saturated heterocycles. The van der Waals surface area contributed by atoms with Gasteiger partial charge in [-0.2, -0.15) is 0 Å². The molecule has 0 atom stereocenters. The van der Waals surface area contributed by atoms with E-state index in [1.54, 1.807) is 11.8 Å². The zero-order valence-electron chi connectivity index (χ0n) is 16.9. The van der Waals surface area contributed by atoms with Gasteiger partial charge < -0.3 is 4.90 Å². The van der Waals surface area contributed by atoms with Gasteiger partial charge in [-0.05, 0) is 77.7 Å². The van der Waals surface area contributed by atoms with Crippen LogP contribution in [0, 0.1) is 0 Å². The fourth-order valence-electron chi connectivity index (χ4n) is 3.20. The number of benzene rings is 3. The van der Waals surface area contributed by atoms with Crippen molar-refractivity contribution in [2.75, 3.05) is 11.2 Å². The van der Waals surface area contributed by atoms with Gasteiger partial charge in [0.1, 0.15) is 0 Å². The van der Waals surface area contributed by atoms with Crippen LogP contribution in [0.15, 0.2) is 77.7 Å². The summed E-state index contributed by atoms with van der Waals surface area (Å²) in [5.74, 6) is 1.08. The Balaban J connectivity index is 2.04. The summed E-state index contributed by atoms with van der Waals surface area (Å²) in [4.78, 5) is 3.61. The summed E-state index contributed by atoms with van der Waals surface area (Å²) in [5, 5.41) is 0. The molecule has 0 fully saturated rings. The zero-order valence-corrected chi connectivity index (χ0v) is 17.8. The van der Waals surface area contributed by atoms with Gasteiger partial charge in [0.25, 0.3) is 0 Å². The Morgan fingerprint density at radius 3 is 1.19 bits per heavy atom. The smallest absolute Gasteiger partial charge is 0.0462 e. The third-order valence-electron chi connectivity index (χ3n) is 4.97. The van der Waals surface area contributed by atoms with Gasteiger partial charge in [0.15, 0.2) is 0 Å². The third-order valence-corrected chi connectivity index (χ3v) is 5.71. The zero-order chi connectivity index (χ0) is 19.4. The van der Waals surface area contributed by atoms with Crippen LogP contribution in [0.5, 0.6) is 0 Å². The maximum absolute atomic E-state index is 2.33. The van der Waals surface area contributed by atoms with Crippen LogP contribution < -0.4 is 4.90 Å². The van der Waals surface area contributed by atoms with Gasteiger partial charge in [0.2, 0.25) is 0 Å². The van der Waals surface area contributed by atoms with E-state index in [2.05, 4.69) is 112 Å². The summed E-state index contributed by atoms with van der Waals surface area (Å²) in [5.41, 5.74) is 6.29. The molecule has 0 bridgehead atoms.